The van der Waals surface area contributed by atoms with Crippen LogP contribution in [0.5, 0.6) is 5.75 Å². The van der Waals surface area contributed by atoms with Crippen LogP contribution < -0.4 is 10.1 Å². The number of benzene rings is 1. The Bertz CT molecular complexity index is 1210. The summed E-state index contributed by atoms with van der Waals surface area (Å²) in [5.74, 6) is -2.07. The standard InChI is InChI=1S/C19H22ClN5O2.C2HF3O2/c1-21-18(11-8-22-24(2)9-11)19(26)25-5-4-15-13(10-25)12-6-17(27-3)14(20)7-16(12)23-15;3-2(4,5)1(6)7/h6-9,18,21,23H,4-5,10H2,1-3H3;(H,6,7). The van der Waals surface area contributed by atoms with Gasteiger partial charge in [0.25, 0.3) is 0 Å². The van der Waals surface area contributed by atoms with E-state index >= 15 is 0 Å². The van der Waals surface area contributed by atoms with Crippen LogP contribution in [0.1, 0.15) is 22.9 Å². The zero-order valence-electron chi connectivity index (χ0n) is 18.5. The highest BCUT2D eigenvalue weighted by Gasteiger charge is 2.38. The Morgan fingerprint density at radius 3 is 2.56 bits per heavy atom. The molecule has 0 radical (unpaired) electrons. The number of likely N-dealkylation sites (N-methyl/N-ethyl adjacent to an activating group) is 1. The number of alkyl halides is 3. The normalized spacial score (nSPS) is 14.3. The molecule has 1 aromatic carbocycles. The average molecular weight is 502 g/mol. The number of methoxy groups -OCH3 is 1. The lowest BCUT2D eigenvalue weighted by Crippen LogP contribution is -2.42. The molecule has 13 heteroatoms. The van der Waals surface area contributed by atoms with Gasteiger partial charge in [0.1, 0.15) is 11.8 Å². The fourth-order valence-corrected chi connectivity index (χ4v) is 4.01. The molecule has 4 rings (SSSR count). The predicted molar refractivity (Wildman–Crippen MR) is 118 cm³/mol. The number of H-pyrrole nitrogens is 1. The molecule has 1 unspecified atom stereocenters. The number of aryl methyl sites for hydroxylation is 1. The third-order valence-corrected chi connectivity index (χ3v) is 5.69. The summed E-state index contributed by atoms with van der Waals surface area (Å²) in [6, 6.07) is 3.42. The first kappa shape index (κ1) is 25.4. The molecule has 0 saturated carbocycles. The number of amides is 1. The summed E-state index contributed by atoms with van der Waals surface area (Å²) in [6.45, 7) is 1.22. The molecule has 1 aliphatic rings. The van der Waals surface area contributed by atoms with Crippen LogP contribution in [0.3, 0.4) is 0 Å². The van der Waals surface area contributed by atoms with Crippen molar-refractivity contribution >= 4 is 34.4 Å². The summed E-state index contributed by atoms with van der Waals surface area (Å²) in [5, 5.41) is 16.0. The van der Waals surface area contributed by atoms with E-state index in [1.165, 1.54) is 0 Å². The summed E-state index contributed by atoms with van der Waals surface area (Å²) in [4.78, 5) is 27.4. The molecule has 0 saturated heterocycles. The summed E-state index contributed by atoms with van der Waals surface area (Å²) < 4.78 is 38.8. The van der Waals surface area contributed by atoms with Crippen molar-refractivity contribution in [1.82, 2.24) is 25.0 Å². The Morgan fingerprint density at radius 1 is 1.35 bits per heavy atom. The molecule has 9 nitrogen and oxygen atoms in total. The predicted octanol–water partition coefficient (Wildman–Crippen LogP) is 3.04. The molecule has 3 N–H and O–H groups in total. The number of rotatable bonds is 4. The molecule has 0 aliphatic carbocycles. The molecule has 2 aromatic heterocycles. The zero-order chi connectivity index (χ0) is 25.2. The van der Waals surface area contributed by atoms with Crippen LogP contribution in [0, 0.1) is 0 Å². The Balaban J connectivity index is 0.000000406. The first-order chi connectivity index (χ1) is 16.0. The lowest BCUT2D eigenvalue weighted by atomic mass is 10.0. The van der Waals surface area contributed by atoms with Crippen molar-refractivity contribution in [1.29, 1.82) is 0 Å². The van der Waals surface area contributed by atoms with Gasteiger partial charge < -0.3 is 25.0 Å². The van der Waals surface area contributed by atoms with Crippen LogP contribution in [-0.2, 0) is 29.6 Å². The van der Waals surface area contributed by atoms with Crippen LogP contribution in [0.25, 0.3) is 10.9 Å². The number of aromatic nitrogens is 3. The smallest absolute Gasteiger partial charge is 0.490 e. The number of hydrogen-bond donors (Lipinski definition) is 3. The van der Waals surface area contributed by atoms with Crippen LogP contribution in [0.2, 0.25) is 5.02 Å². The topological polar surface area (TPSA) is 112 Å². The van der Waals surface area contributed by atoms with Crippen LogP contribution >= 0.6 is 11.6 Å². The molecule has 3 heterocycles. The van der Waals surface area contributed by atoms with Gasteiger partial charge in [-0.3, -0.25) is 9.48 Å². The third-order valence-electron chi connectivity index (χ3n) is 5.40. The van der Waals surface area contributed by atoms with E-state index in [1.54, 1.807) is 25.0 Å². The number of aliphatic carboxylic acids is 1. The highest BCUT2D eigenvalue weighted by atomic mass is 35.5. The van der Waals surface area contributed by atoms with Gasteiger partial charge in [-0.1, -0.05) is 11.6 Å². The fourth-order valence-electron chi connectivity index (χ4n) is 3.77. The fraction of sp³-hybridized carbons (Fsp3) is 0.381. The lowest BCUT2D eigenvalue weighted by molar-refractivity contribution is -0.192. The largest absolute Gasteiger partial charge is 0.495 e. The zero-order valence-corrected chi connectivity index (χ0v) is 19.3. The van der Waals surface area contributed by atoms with Gasteiger partial charge in [-0.15, -0.1) is 0 Å². The number of carboxylic acids is 1. The van der Waals surface area contributed by atoms with Gasteiger partial charge in [0.05, 0.1) is 18.3 Å². The van der Waals surface area contributed by atoms with E-state index in [1.807, 2.05) is 30.3 Å². The molecule has 0 spiro atoms. The van der Waals surface area contributed by atoms with Crippen molar-refractivity contribution in [2.24, 2.45) is 7.05 Å². The average Bonchev–Trinajstić information content (AvgIpc) is 3.35. The first-order valence-corrected chi connectivity index (χ1v) is 10.5. The number of halogens is 4. The summed E-state index contributed by atoms with van der Waals surface area (Å²) in [7, 11) is 5.25. The van der Waals surface area contributed by atoms with Gasteiger partial charge in [0.15, 0.2) is 0 Å². The minimum atomic E-state index is -5.08. The van der Waals surface area contributed by atoms with Crippen LogP contribution in [-0.4, -0.2) is 63.5 Å². The number of carbonyl (C=O) groups excluding carboxylic acids is 1. The van der Waals surface area contributed by atoms with Gasteiger partial charge in [-0.2, -0.15) is 18.3 Å². The van der Waals surface area contributed by atoms with E-state index in [9.17, 15) is 18.0 Å². The van der Waals surface area contributed by atoms with Crippen molar-refractivity contribution in [3.8, 4) is 5.75 Å². The van der Waals surface area contributed by atoms with Gasteiger partial charge in [-0.25, -0.2) is 4.79 Å². The number of nitrogens with zero attached hydrogens (tertiary/aromatic N) is 3. The van der Waals surface area contributed by atoms with Gasteiger partial charge >= 0.3 is 12.1 Å². The maximum absolute atomic E-state index is 13.2. The van der Waals surface area contributed by atoms with Crippen LogP contribution in [0.15, 0.2) is 24.5 Å². The Labute approximate surface area is 197 Å². The highest BCUT2D eigenvalue weighted by Crippen LogP contribution is 2.35. The van der Waals surface area contributed by atoms with E-state index < -0.39 is 18.2 Å². The second kappa shape index (κ2) is 9.94. The number of carbonyl (C=O) groups is 2. The molecule has 184 valence electrons. The third kappa shape index (κ3) is 5.28. The number of ether oxygens (including phenoxy) is 1. The van der Waals surface area contributed by atoms with Crippen molar-refractivity contribution in [2.75, 3.05) is 20.7 Å². The quantitative estimate of drug-likeness (QED) is 0.506. The molecular weight excluding hydrogens is 479 g/mol. The van der Waals surface area contributed by atoms with E-state index in [0.29, 0.717) is 23.9 Å². The molecule has 34 heavy (non-hydrogen) atoms. The monoisotopic (exact) mass is 501 g/mol. The molecule has 1 aliphatic heterocycles. The minimum absolute atomic E-state index is 0.0476. The van der Waals surface area contributed by atoms with Gasteiger partial charge in [0, 0.05) is 60.5 Å². The Hall–Kier alpha value is -3.25. The Morgan fingerprint density at radius 2 is 2.03 bits per heavy atom. The summed E-state index contributed by atoms with van der Waals surface area (Å²) >= 11 is 6.25. The van der Waals surface area contributed by atoms with E-state index in [-0.39, 0.29) is 5.91 Å². The molecule has 0 fully saturated rings. The van der Waals surface area contributed by atoms with Crippen LogP contribution in [0.4, 0.5) is 13.2 Å². The SMILES string of the molecule is CNC(C(=O)N1CCc2[nH]c3cc(Cl)c(OC)cc3c2C1)c1cnn(C)c1.O=C(O)C(F)(F)F. The number of nitrogens with one attached hydrogen (secondary N) is 2. The first-order valence-electron chi connectivity index (χ1n) is 10.1. The lowest BCUT2D eigenvalue weighted by Gasteiger charge is -2.30. The van der Waals surface area contributed by atoms with E-state index in [0.717, 1.165) is 34.1 Å². The summed E-state index contributed by atoms with van der Waals surface area (Å²) in [6.07, 6.45) is -0.709. The minimum Gasteiger partial charge on any atom is -0.495 e. The molecule has 0 bridgehead atoms. The molecule has 1 amide bonds. The number of fused-ring (bicyclic) bond motifs is 3. The van der Waals surface area contributed by atoms with Gasteiger partial charge in [0.2, 0.25) is 5.91 Å². The Kier molecular flexibility index (Phi) is 7.41. The molecular formula is C21H23ClF3N5O4. The second-order valence-corrected chi connectivity index (χ2v) is 8.00. The maximum Gasteiger partial charge on any atom is 0.490 e. The van der Waals surface area contributed by atoms with Crippen molar-refractivity contribution in [3.63, 3.8) is 0 Å². The van der Waals surface area contributed by atoms with Crippen molar-refractivity contribution < 1.29 is 32.6 Å². The van der Waals surface area contributed by atoms with Crippen molar-refractivity contribution in [2.45, 2.75) is 25.2 Å². The number of aromatic amines is 1. The number of carboxylic acid groups (broad SMARTS) is 1. The van der Waals surface area contributed by atoms with E-state index in [4.69, 9.17) is 26.2 Å². The highest BCUT2D eigenvalue weighted by molar-refractivity contribution is 6.32. The molecule has 3 aromatic rings. The second-order valence-electron chi connectivity index (χ2n) is 7.60. The number of hydrogen-bond acceptors (Lipinski definition) is 5. The molecule has 1 atom stereocenters. The van der Waals surface area contributed by atoms with Gasteiger partial charge in [-0.05, 0) is 19.2 Å². The van der Waals surface area contributed by atoms with E-state index in [2.05, 4.69) is 15.4 Å². The van der Waals surface area contributed by atoms with Crippen molar-refractivity contribution in [3.05, 3.63) is 46.4 Å². The summed E-state index contributed by atoms with van der Waals surface area (Å²) in [5.41, 5.74) is 4.11. The maximum atomic E-state index is 13.2.